The number of hydrazine groups is 1. The van der Waals surface area contributed by atoms with Crippen LogP contribution in [0.5, 0.6) is 5.75 Å². The maximum atomic E-state index is 14.1. The summed E-state index contributed by atoms with van der Waals surface area (Å²) in [5, 5.41) is 9.67. The molecule has 10 nitrogen and oxygen atoms in total. The maximum absolute atomic E-state index is 14.1. The molecule has 3 aromatic rings. The molecule has 3 rings (SSSR count). The zero-order valence-electron chi connectivity index (χ0n) is 23.0. The van der Waals surface area contributed by atoms with Gasteiger partial charge in [0, 0.05) is 17.3 Å². The third kappa shape index (κ3) is 6.44. The zero-order valence-corrected chi connectivity index (χ0v) is 23.0. The normalized spacial score (nSPS) is 11.8. The second kappa shape index (κ2) is 10.9. The Bertz CT molecular complexity index is 1410. The molecule has 210 valence electrons. The van der Waals surface area contributed by atoms with E-state index in [1.165, 1.54) is 15.4 Å². The molecule has 0 saturated heterocycles. The molecule has 0 radical (unpaired) electrons. The number of rotatable bonds is 7. The Kier molecular flexibility index (Phi) is 8.18. The number of aromatic nitrogens is 2. The lowest BCUT2D eigenvalue weighted by molar-refractivity contribution is -0.124. The van der Waals surface area contributed by atoms with E-state index >= 15 is 0 Å². The molecule has 0 aliphatic rings. The molecule has 0 aliphatic carbocycles. The summed E-state index contributed by atoms with van der Waals surface area (Å²) >= 11 is 0. The van der Waals surface area contributed by atoms with Gasteiger partial charge < -0.3 is 9.84 Å². The maximum Gasteiger partial charge on any atom is 0.408 e. The molecular weight excluding hydrogens is 512 g/mol. The number of imidazole rings is 1. The van der Waals surface area contributed by atoms with Crippen molar-refractivity contribution in [2.45, 2.75) is 72.6 Å². The SMILES string of the molecule is Cc1cc(OCc2c(F)cccc2F)c2nc(C)c(C(=O)NNC(=O)CC(C)(C)N(C(=O)O)C(C)(C)C)n2c1. The summed E-state index contributed by atoms with van der Waals surface area (Å²) < 4.78 is 35.3. The summed E-state index contributed by atoms with van der Waals surface area (Å²) in [6.45, 7) is 11.4. The number of benzene rings is 1. The fraction of sp³-hybridized carbons (Fsp3) is 0.407. The lowest BCUT2D eigenvalue weighted by Crippen LogP contribution is -2.58. The number of hydrogen-bond donors (Lipinski definition) is 3. The van der Waals surface area contributed by atoms with Gasteiger partial charge in [-0.3, -0.25) is 29.7 Å². The Labute approximate surface area is 224 Å². The van der Waals surface area contributed by atoms with Gasteiger partial charge in [-0.1, -0.05) is 6.07 Å². The minimum Gasteiger partial charge on any atom is -0.485 e. The minimum atomic E-state index is -1.17. The van der Waals surface area contributed by atoms with Gasteiger partial charge in [0.2, 0.25) is 5.91 Å². The third-order valence-corrected chi connectivity index (χ3v) is 6.02. The zero-order chi connectivity index (χ0) is 29.3. The Balaban J connectivity index is 1.79. The average molecular weight is 546 g/mol. The highest BCUT2D eigenvalue weighted by Gasteiger charge is 2.40. The third-order valence-electron chi connectivity index (χ3n) is 6.02. The van der Waals surface area contributed by atoms with E-state index in [0.29, 0.717) is 11.3 Å². The molecule has 2 aromatic heterocycles. The smallest absolute Gasteiger partial charge is 0.408 e. The van der Waals surface area contributed by atoms with Crippen molar-refractivity contribution in [1.82, 2.24) is 25.1 Å². The molecule has 39 heavy (non-hydrogen) atoms. The van der Waals surface area contributed by atoms with Crippen LogP contribution in [0.25, 0.3) is 5.65 Å². The first kappa shape index (κ1) is 29.3. The number of carboxylic acid groups (broad SMARTS) is 1. The first-order chi connectivity index (χ1) is 18.0. The molecule has 3 amide bonds. The first-order valence-corrected chi connectivity index (χ1v) is 12.2. The van der Waals surface area contributed by atoms with Crippen LogP contribution in [-0.2, 0) is 11.4 Å². The molecule has 3 N–H and O–H groups in total. The lowest BCUT2D eigenvalue weighted by atomic mass is 9.92. The Morgan fingerprint density at radius 2 is 1.69 bits per heavy atom. The van der Waals surface area contributed by atoms with E-state index in [1.807, 2.05) is 0 Å². The van der Waals surface area contributed by atoms with Gasteiger partial charge in [0.25, 0.3) is 5.91 Å². The molecule has 0 atom stereocenters. The van der Waals surface area contributed by atoms with E-state index in [-0.39, 0.29) is 29.1 Å². The Morgan fingerprint density at radius 1 is 1.08 bits per heavy atom. The fourth-order valence-electron chi connectivity index (χ4n) is 4.71. The number of halogens is 2. The van der Waals surface area contributed by atoms with Gasteiger partial charge in [-0.2, -0.15) is 0 Å². The minimum absolute atomic E-state index is 0.108. The average Bonchev–Trinajstić information content (AvgIpc) is 3.10. The number of aryl methyl sites for hydroxylation is 2. The van der Waals surface area contributed by atoms with E-state index in [2.05, 4.69) is 15.8 Å². The molecule has 0 spiro atoms. The molecule has 0 aliphatic heterocycles. The number of pyridine rings is 1. The van der Waals surface area contributed by atoms with Crippen LogP contribution in [0.1, 0.15) is 68.3 Å². The number of carbonyl (C=O) groups is 3. The van der Waals surface area contributed by atoms with Crippen LogP contribution in [0, 0.1) is 25.5 Å². The molecule has 1 aromatic carbocycles. The summed E-state index contributed by atoms with van der Waals surface area (Å²) in [7, 11) is 0. The van der Waals surface area contributed by atoms with Crippen molar-refractivity contribution in [2.24, 2.45) is 0 Å². The van der Waals surface area contributed by atoms with E-state index in [4.69, 9.17) is 4.74 Å². The van der Waals surface area contributed by atoms with E-state index < -0.39 is 47.2 Å². The van der Waals surface area contributed by atoms with Crippen molar-refractivity contribution < 1.29 is 33.0 Å². The number of amides is 3. The molecule has 0 unspecified atom stereocenters. The predicted octanol–water partition coefficient (Wildman–Crippen LogP) is 4.52. The highest BCUT2D eigenvalue weighted by atomic mass is 19.1. The summed E-state index contributed by atoms with van der Waals surface area (Å²) in [4.78, 5) is 43.2. The van der Waals surface area contributed by atoms with Gasteiger partial charge in [-0.05, 0) is 72.2 Å². The summed E-state index contributed by atoms with van der Waals surface area (Å²) in [6.07, 6.45) is 0.253. The predicted molar refractivity (Wildman–Crippen MR) is 139 cm³/mol. The quantitative estimate of drug-likeness (QED) is 0.375. The van der Waals surface area contributed by atoms with Crippen LogP contribution >= 0.6 is 0 Å². The van der Waals surface area contributed by atoms with Gasteiger partial charge in [0.15, 0.2) is 11.4 Å². The standard InChI is InChI=1S/C27H33F2N5O5/c1-15-11-20(39-14-17-18(28)9-8-10-19(17)29)23-30-16(2)22(33(23)13-15)24(36)32-31-21(35)12-27(6,7)34(25(37)38)26(3,4)5/h8-11,13H,12,14H2,1-7H3,(H,31,35)(H,32,36)(H,37,38). The van der Waals surface area contributed by atoms with Crippen LogP contribution in [0.15, 0.2) is 30.5 Å². The van der Waals surface area contributed by atoms with Crippen LogP contribution in [0.2, 0.25) is 0 Å². The van der Waals surface area contributed by atoms with Crippen molar-refractivity contribution in [1.29, 1.82) is 0 Å². The van der Waals surface area contributed by atoms with Gasteiger partial charge in [-0.25, -0.2) is 18.6 Å². The van der Waals surface area contributed by atoms with Crippen LogP contribution < -0.4 is 15.6 Å². The molecule has 2 heterocycles. The molecule has 0 fully saturated rings. The van der Waals surface area contributed by atoms with Crippen molar-refractivity contribution in [2.75, 3.05) is 0 Å². The van der Waals surface area contributed by atoms with E-state index in [9.17, 15) is 28.3 Å². The van der Waals surface area contributed by atoms with Crippen LogP contribution in [-0.4, -0.2) is 48.4 Å². The number of hydrogen-bond acceptors (Lipinski definition) is 5. The Hall–Kier alpha value is -4.22. The van der Waals surface area contributed by atoms with Crippen LogP contribution in [0.4, 0.5) is 13.6 Å². The highest BCUT2D eigenvalue weighted by Crippen LogP contribution is 2.28. The first-order valence-electron chi connectivity index (χ1n) is 12.2. The topological polar surface area (TPSA) is 125 Å². The van der Waals surface area contributed by atoms with Gasteiger partial charge in [0.05, 0.1) is 17.7 Å². The van der Waals surface area contributed by atoms with Crippen LogP contribution in [0.3, 0.4) is 0 Å². The molecule has 0 bridgehead atoms. The molecular formula is C27H33F2N5O5. The van der Waals surface area contributed by atoms with Gasteiger partial charge >= 0.3 is 6.09 Å². The largest absolute Gasteiger partial charge is 0.485 e. The summed E-state index contributed by atoms with van der Waals surface area (Å²) in [6, 6.07) is 5.16. The van der Waals surface area contributed by atoms with Crippen molar-refractivity contribution >= 4 is 23.6 Å². The second-order valence-corrected chi connectivity index (χ2v) is 10.9. The van der Waals surface area contributed by atoms with E-state index in [0.717, 1.165) is 12.1 Å². The Morgan fingerprint density at radius 3 is 2.26 bits per heavy atom. The number of fused-ring (bicyclic) bond motifs is 1. The molecule has 0 saturated carbocycles. The second-order valence-electron chi connectivity index (χ2n) is 10.9. The summed E-state index contributed by atoms with van der Waals surface area (Å²) in [5.41, 5.74) is 3.97. The van der Waals surface area contributed by atoms with E-state index in [1.54, 1.807) is 60.7 Å². The number of nitrogens with one attached hydrogen (secondary N) is 2. The number of carbonyl (C=O) groups excluding carboxylic acids is 2. The highest BCUT2D eigenvalue weighted by molar-refractivity contribution is 5.96. The monoisotopic (exact) mass is 545 g/mol. The van der Waals surface area contributed by atoms with Gasteiger partial charge in [-0.15, -0.1) is 0 Å². The van der Waals surface area contributed by atoms with Gasteiger partial charge in [0.1, 0.15) is 23.9 Å². The number of ether oxygens (including phenoxy) is 1. The van der Waals surface area contributed by atoms with Crippen molar-refractivity contribution in [3.8, 4) is 5.75 Å². The van der Waals surface area contributed by atoms with Crippen molar-refractivity contribution in [3.05, 3.63) is 64.6 Å². The lowest BCUT2D eigenvalue weighted by Gasteiger charge is -2.44. The van der Waals surface area contributed by atoms with Crippen molar-refractivity contribution in [3.63, 3.8) is 0 Å². The molecule has 12 heteroatoms. The fourth-order valence-corrected chi connectivity index (χ4v) is 4.71. The summed E-state index contributed by atoms with van der Waals surface area (Å²) in [5.74, 6) is -2.55. The number of nitrogens with zero attached hydrogens (tertiary/aromatic N) is 3.